The summed E-state index contributed by atoms with van der Waals surface area (Å²) in [5, 5.41) is 13.7. The fraction of sp³-hybridized carbons (Fsp3) is 0.529. The quantitative estimate of drug-likeness (QED) is 0.417. The molecule has 136 valence electrons. The molecule has 1 aromatic carbocycles. The average molecular weight is 349 g/mol. The van der Waals surface area contributed by atoms with E-state index < -0.39 is 10.9 Å². The van der Waals surface area contributed by atoms with Gasteiger partial charge in [-0.1, -0.05) is 6.92 Å². The Hall–Kier alpha value is -2.64. The van der Waals surface area contributed by atoms with Crippen molar-refractivity contribution in [2.45, 2.75) is 26.2 Å². The van der Waals surface area contributed by atoms with E-state index in [4.69, 9.17) is 4.74 Å². The molecule has 2 rings (SSSR count). The molecule has 0 aliphatic heterocycles. The first-order valence-corrected chi connectivity index (χ1v) is 8.37. The Morgan fingerprint density at radius 1 is 1.40 bits per heavy atom. The molecular weight excluding hydrogens is 326 g/mol. The minimum absolute atomic E-state index is 0.0442. The van der Waals surface area contributed by atoms with Crippen LogP contribution in [-0.4, -0.2) is 48.4 Å². The summed E-state index contributed by atoms with van der Waals surface area (Å²) in [5.74, 6) is -0.423. The number of amides is 1. The van der Waals surface area contributed by atoms with E-state index in [2.05, 4.69) is 5.32 Å². The van der Waals surface area contributed by atoms with Gasteiger partial charge in [-0.3, -0.25) is 14.9 Å². The molecule has 0 unspecified atom stereocenters. The third-order valence-electron chi connectivity index (χ3n) is 4.05. The van der Waals surface area contributed by atoms with Crippen molar-refractivity contribution in [1.82, 2.24) is 4.90 Å². The van der Waals surface area contributed by atoms with Gasteiger partial charge in [0.25, 0.3) is 11.6 Å². The van der Waals surface area contributed by atoms with E-state index in [9.17, 15) is 19.7 Å². The molecule has 0 saturated heterocycles. The fourth-order valence-corrected chi connectivity index (χ4v) is 2.52. The number of nitrogens with one attached hydrogen (secondary N) is 1. The lowest BCUT2D eigenvalue weighted by molar-refractivity contribution is -0.384. The highest BCUT2D eigenvalue weighted by molar-refractivity contribution is 5.93. The molecule has 1 amide bonds. The number of hydrogen-bond donors (Lipinski definition) is 1. The number of nitrogens with zero attached hydrogens (tertiary/aromatic N) is 2. The molecule has 0 atom stereocenters. The molecule has 0 aromatic heterocycles. The fourth-order valence-electron chi connectivity index (χ4n) is 2.52. The topological polar surface area (TPSA) is 102 Å². The molecular formula is C17H23N3O5. The standard InChI is InChI=1S/C17H23N3O5/c1-3-8-19(10-12-4-5-12)16(21)11-25-17(22)13-6-7-14(18-2)15(9-13)20(23)24/h6-7,9,12,18H,3-5,8,10-11H2,1-2H3. The Balaban J connectivity index is 1.97. The van der Waals surface area contributed by atoms with Gasteiger partial charge in [0, 0.05) is 26.2 Å². The highest BCUT2D eigenvalue weighted by Crippen LogP contribution is 2.30. The monoisotopic (exact) mass is 349 g/mol. The molecule has 8 heteroatoms. The highest BCUT2D eigenvalue weighted by Gasteiger charge is 2.27. The lowest BCUT2D eigenvalue weighted by atomic mass is 10.1. The zero-order valence-electron chi connectivity index (χ0n) is 14.5. The Bertz CT molecular complexity index is 658. The Labute approximate surface area is 146 Å². The molecule has 1 N–H and O–H groups in total. The van der Waals surface area contributed by atoms with Crippen LogP contribution in [0.1, 0.15) is 36.5 Å². The van der Waals surface area contributed by atoms with Crippen LogP contribution in [0, 0.1) is 16.0 Å². The van der Waals surface area contributed by atoms with Crippen LogP contribution in [0.4, 0.5) is 11.4 Å². The van der Waals surface area contributed by atoms with E-state index in [0.29, 0.717) is 24.7 Å². The van der Waals surface area contributed by atoms with Crippen molar-refractivity contribution >= 4 is 23.3 Å². The Morgan fingerprint density at radius 2 is 2.12 bits per heavy atom. The lowest BCUT2D eigenvalue weighted by Gasteiger charge is -2.21. The van der Waals surface area contributed by atoms with Crippen molar-refractivity contribution in [2.75, 3.05) is 32.1 Å². The number of carbonyl (C=O) groups excluding carboxylic acids is 2. The van der Waals surface area contributed by atoms with Gasteiger partial charge in [-0.2, -0.15) is 0 Å². The van der Waals surface area contributed by atoms with Crippen molar-refractivity contribution in [2.24, 2.45) is 5.92 Å². The maximum absolute atomic E-state index is 12.2. The van der Waals surface area contributed by atoms with E-state index in [0.717, 1.165) is 25.3 Å². The maximum Gasteiger partial charge on any atom is 0.338 e. The van der Waals surface area contributed by atoms with E-state index >= 15 is 0 Å². The van der Waals surface area contributed by atoms with E-state index in [1.165, 1.54) is 12.1 Å². The smallest absolute Gasteiger partial charge is 0.338 e. The van der Waals surface area contributed by atoms with Crippen LogP contribution in [-0.2, 0) is 9.53 Å². The Kier molecular flexibility index (Phi) is 6.32. The summed E-state index contributed by atoms with van der Waals surface area (Å²) in [6, 6.07) is 4.01. The number of hydrogen-bond acceptors (Lipinski definition) is 6. The van der Waals surface area contributed by atoms with Gasteiger partial charge in [-0.15, -0.1) is 0 Å². The van der Waals surface area contributed by atoms with E-state index in [-0.39, 0.29) is 23.8 Å². The summed E-state index contributed by atoms with van der Waals surface area (Å²) in [5.41, 5.74) is 0.128. The SMILES string of the molecule is CCCN(CC1CC1)C(=O)COC(=O)c1ccc(NC)c([N+](=O)[O-])c1. The number of ether oxygens (including phenoxy) is 1. The van der Waals surface area contributed by atoms with Gasteiger partial charge in [0.1, 0.15) is 5.69 Å². The summed E-state index contributed by atoms with van der Waals surface area (Å²) < 4.78 is 5.05. The number of rotatable bonds is 9. The molecule has 1 aliphatic rings. The second kappa shape index (κ2) is 8.46. The Morgan fingerprint density at radius 3 is 2.68 bits per heavy atom. The number of nitro benzene ring substituents is 1. The highest BCUT2D eigenvalue weighted by atomic mass is 16.6. The first-order chi connectivity index (χ1) is 12.0. The molecule has 0 bridgehead atoms. The van der Waals surface area contributed by atoms with Gasteiger partial charge in [-0.25, -0.2) is 4.79 Å². The number of nitro groups is 1. The van der Waals surface area contributed by atoms with Crippen LogP contribution < -0.4 is 5.32 Å². The molecule has 0 spiro atoms. The first-order valence-electron chi connectivity index (χ1n) is 8.37. The van der Waals surface area contributed by atoms with Gasteiger partial charge in [0.2, 0.25) is 0 Å². The van der Waals surface area contributed by atoms with Gasteiger partial charge >= 0.3 is 5.97 Å². The molecule has 0 heterocycles. The number of esters is 1. The van der Waals surface area contributed by atoms with E-state index in [1.54, 1.807) is 11.9 Å². The molecule has 1 saturated carbocycles. The van der Waals surface area contributed by atoms with Gasteiger partial charge < -0.3 is 15.0 Å². The van der Waals surface area contributed by atoms with Crippen LogP contribution in [0.5, 0.6) is 0 Å². The lowest BCUT2D eigenvalue weighted by Crippen LogP contribution is -2.36. The van der Waals surface area contributed by atoms with Crippen molar-refractivity contribution in [3.05, 3.63) is 33.9 Å². The van der Waals surface area contributed by atoms with E-state index in [1.807, 2.05) is 6.92 Å². The second-order valence-electron chi connectivity index (χ2n) is 6.10. The zero-order chi connectivity index (χ0) is 18.4. The predicted octanol–water partition coefficient (Wildman–Crippen LogP) is 2.44. The van der Waals surface area contributed by atoms with Gasteiger partial charge in [-0.05, 0) is 37.3 Å². The van der Waals surface area contributed by atoms with Crippen LogP contribution in [0.25, 0.3) is 0 Å². The van der Waals surface area contributed by atoms with Crippen LogP contribution in [0.2, 0.25) is 0 Å². The summed E-state index contributed by atoms with van der Waals surface area (Å²) in [6.07, 6.45) is 3.10. The molecule has 0 radical (unpaired) electrons. The normalized spacial score (nSPS) is 13.2. The minimum atomic E-state index is -0.748. The molecule has 1 fully saturated rings. The molecule has 1 aliphatic carbocycles. The van der Waals surface area contributed by atoms with Crippen LogP contribution in [0.15, 0.2) is 18.2 Å². The summed E-state index contributed by atoms with van der Waals surface area (Å²) in [6.45, 7) is 2.97. The first kappa shape index (κ1) is 18.7. The molecule has 1 aromatic rings. The van der Waals surface area contributed by atoms with Crippen molar-refractivity contribution in [3.63, 3.8) is 0 Å². The molecule has 8 nitrogen and oxygen atoms in total. The third kappa shape index (κ3) is 5.17. The van der Waals surface area contributed by atoms with Gasteiger partial charge in [0.05, 0.1) is 10.5 Å². The summed E-state index contributed by atoms with van der Waals surface area (Å²) >= 11 is 0. The summed E-state index contributed by atoms with van der Waals surface area (Å²) in [7, 11) is 1.56. The minimum Gasteiger partial charge on any atom is -0.452 e. The van der Waals surface area contributed by atoms with Crippen molar-refractivity contribution in [3.8, 4) is 0 Å². The average Bonchev–Trinajstić information content (AvgIpc) is 3.42. The predicted molar refractivity (Wildman–Crippen MR) is 92.5 cm³/mol. The summed E-state index contributed by atoms with van der Waals surface area (Å²) in [4.78, 5) is 36.5. The van der Waals surface area contributed by atoms with Crippen molar-refractivity contribution in [1.29, 1.82) is 0 Å². The number of benzene rings is 1. The van der Waals surface area contributed by atoms with Crippen LogP contribution >= 0.6 is 0 Å². The van der Waals surface area contributed by atoms with Crippen molar-refractivity contribution < 1.29 is 19.2 Å². The largest absolute Gasteiger partial charge is 0.452 e. The number of anilines is 1. The zero-order valence-corrected chi connectivity index (χ0v) is 14.5. The second-order valence-corrected chi connectivity index (χ2v) is 6.10. The van der Waals surface area contributed by atoms with Crippen LogP contribution in [0.3, 0.4) is 0 Å². The van der Waals surface area contributed by atoms with Gasteiger partial charge in [0.15, 0.2) is 6.61 Å². The maximum atomic E-state index is 12.2. The third-order valence-corrected chi connectivity index (χ3v) is 4.05. The number of carbonyl (C=O) groups is 2. The molecule has 25 heavy (non-hydrogen) atoms.